The van der Waals surface area contributed by atoms with Gasteiger partial charge in [0, 0.05) is 25.5 Å². The number of hydrogen-bond acceptors (Lipinski definition) is 3. The lowest BCUT2D eigenvalue weighted by Crippen LogP contribution is -2.31. The van der Waals surface area contributed by atoms with Gasteiger partial charge in [-0.15, -0.1) is 0 Å². The molecule has 22 heavy (non-hydrogen) atoms. The van der Waals surface area contributed by atoms with Crippen LogP contribution in [0.1, 0.15) is 16.7 Å². The van der Waals surface area contributed by atoms with Crippen molar-refractivity contribution in [3.8, 4) is 0 Å². The van der Waals surface area contributed by atoms with Crippen LogP contribution in [0.25, 0.3) is 0 Å². The van der Waals surface area contributed by atoms with Crippen molar-refractivity contribution < 1.29 is 17.6 Å². The molecule has 0 saturated heterocycles. The van der Waals surface area contributed by atoms with Crippen molar-refractivity contribution in [1.29, 1.82) is 0 Å². The molecule has 0 saturated carbocycles. The summed E-state index contributed by atoms with van der Waals surface area (Å²) in [6.45, 7) is 0.919. The Bertz CT molecular complexity index is 718. The zero-order valence-corrected chi connectivity index (χ0v) is 11.9. The van der Waals surface area contributed by atoms with E-state index in [1.807, 2.05) is 0 Å². The molecule has 0 spiro atoms. The van der Waals surface area contributed by atoms with E-state index in [1.165, 1.54) is 18.3 Å². The maximum atomic E-state index is 13.1. The summed E-state index contributed by atoms with van der Waals surface area (Å²) in [5.74, 6) is -0.184. The average molecular weight is 332 g/mol. The summed E-state index contributed by atoms with van der Waals surface area (Å²) in [7, 11) is 0. The minimum absolute atomic E-state index is 0.355. The van der Waals surface area contributed by atoms with Gasteiger partial charge in [0.25, 0.3) is 0 Å². The molecule has 0 unspecified atom stereocenters. The fourth-order valence-corrected chi connectivity index (χ4v) is 2.66. The molecule has 8 heteroatoms. The van der Waals surface area contributed by atoms with Gasteiger partial charge in [-0.25, -0.2) is 9.97 Å². The quantitative estimate of drug-likeness (QED) is 0.587. The van der Waals surface area contributed by atoms with Crippen LogP contribution in [0.3, 0.4) is 0 Å². The largest absolute Gasteiger partial charge is 0.419 e. The Morgan fingerprint density at radius 2 is 1.86 bits per heavy atom. The second-order valence-corrected chi connectivity index (χ2v) is 5.37. The smallest absolute Gasteiger partial charge is 0.352 e. The molecule has 116 valence electrons. The second-order valence-electron chi connectivity index (χ2n) is 4.97. The summed E-state index contributed by atoms with van der Waals surface area (Å²) >= 11 is 5.71. The van der Waals surface area contributed by atoms with Crippen LogP contribution in [0.15, 0.2) is 24.5 Å². The van der Waals surface area contributed by atoms with Gasteiger partial charge >= 0.3 is 6.18 Å². The van der Waals surface area contributed by atoms with E-state index < -0.39 is 17.7 Å². The Kier molecular flexibility index (Phi) is 3.68. The molecular weight excluding hydrogens is 322 g/mol. The maximum absolute atomic E-state index is 13.1. The third-order valence-corrected chi connectivity index (χ3v) is 3.84. The van der Waals surface area contributed by atoms with E-state index in [0.29, 0.717) is 25.3 Å². The Morgan fingerprint density at radius 3 is 2.55 bits per heavy atom. The van der Waals surface area contributed by atoms with E-state index in [4.69, 9.17) is 11.6 Å². The summed E-state index contributed by atoms with van der Waals surface area (Å²) in [5, 5.41) is -0.388. The summed E-state index contributed by atoms with van der Waals surface area (Å²) in [6, 6.07) is 2.58. The lowest BCUT2D eigenvalue weighted by Gasteiger charge is -2.29. The van der Waals surface area contributed by atoms with Crippen molar-refractivity contribution in [1.82, 2.24) is 9.97 Å². The Balaban J connectivity index is 1.87. The molecule has 2 aromatic rings. The lowest BCUT2D eigenvalue weighted by atomic mass is 10.0. The monoisotopic (exact) mass is 331 g/mol. The van der Waals surface area contributed by atoms with Gasteiger partial charge < -0.3 is 4.90 Å². The number of halogens is 5. The van der Waals surface area contributed by atoms with Crippen molar-refractivity contribution in [3.05, 3.63) is 52.2 Å². The van der Waals surface area contributed by atoms with Gasteiger partial charge in [-0.3, -0.25) is 0 Å². The molecule has 0 N–H and O–H groups in total. The normalized spacial score (nSPS) is 14.9. The number of alkyl halides is 3. The standard InChI is InChI=1S/C14H10ClF4N3/c15-11-4-13(21-6-10(11)14(17,18)19)22-2-1-8-3-12(16)20-5-9(8)7-22/h3-6H,1-2,7H2. The maximum Gasteiger partial charge on any atom is 0.419 e. The molecule has 0 atom stereocenters. The van der Waals surface area contributed by atoms with Crippen molar-refractivity contribution in [2.45, 2.75) is 19.1 Å². The highest BCUT2D eigenvalue weighted by molar-refractivity contribution is 6.31. The number of aromatic nitrogens is 2. The van der Waals surface area contributed by atoms with E-state index in [1.54, 1.807) is 4.90 Å². The van der Waals surface area contributed by atoms with Gasteiger partial charge in [-0.2, -0.15) is 17.6 Å². The molecule has 3 heterocycles. The summed E-state index contributed by atoms with van der Waals surface area (Å²) in [4.78, 5) is 9.23. The second kappa shape index (κ2) is 5.39. The fourth-order valence-electron chi connectivity index (χ4n) is 2.41. The summed E-state index contributed by atoms with van der Waals surface area (Å²) in [5.41, 5.74) is 0.714. The first kappa shape index (κ1) is 15.0. The third kappa shape index (κ3) is 2.85. The van der Waals surface area contributed by atoms with Crippen molar-refractivity contribution in [3.63, 3.8) is 0 Å². The Hall–Kier alpha value is -1.89. The minimum atomic E-state index is -4.53. The van der Waals surface area contributed by atoms with Gasteiger partial charge in [0.05, 0.1) is 10.6 Å². The summed E-state index contributed by atoms with van der Waals surface area (Å²) in [6.07, 6.45) is -1.80. The molecule has 0 aliphatic carbocycles. The van der Waals surface area contributed by atoms with Crippen LogP contribution in [-0.2, 0) is 19.1 Å². The number of anilines is 1. The van der Waals surface area contributed by atoms with Crippen LogP contribution in [-0.4, -0.2) is 16.5 Å². The molecule has 0 fully saturated rings. The number of pyridine rings is 2. The van der Waals surface area contributed by atoms with Gasteiger partial charge in [-0.05, 0) is 29.7 Å². The first-order valence-corrected chi connectivity index (χ1v) is 6.83. The zero-order chi connectivity index (χ0) is 15.9. The molecule has 3 nitrogen and oxygen atoms in total. The highest BCUT2D eigenvalue weighted by Crippen LogP contribution is 2.36. The minimum Gasteiger partial charge on any atom is -0.352 e. The van der Waals surface area contributed by atoms with Crippen molar-refractivity contribution >= 4 is 17.4 Å². The van der Waals surface area contributed by atoms with Crippen LogP contribution >= 0.6 is 11.6 Å². The van der Waals surface area contributed by atoms with Gasteiger partial charge in [-0.1, -0.05) is 11.6 Å². The molecule has 0 aromatic carbocycles. The SMILES string of the molecule is Fc1cc2c(cn1)CN(c1cc(Cl)c(C(F)(F)F)cn1)CC2. The van der Waals surface area contributed by atoms with E-state index in [2.05, 4.69) is 9.97 Å². The zero-order valence-electron chi connectivity index (χ0n) is 11.2. The molecule has 0 bridgehead atoms. The van der Waals surface area contributed by atoms with E-state index in [-0.39, 0.29) is 5.02 Å². The molecule has 0 amide bonds. The Morgan fingerprint density at radius 1 is 1.09 bits per heavy atom. The molecule has 1 aliphatic rings. The molecule has 3 rings (SSSR count). The Labute approximate surface area is 128 Å². The van der Waals surface area contributed by atoms with E-state index >= 15 is 0 Å². The highest BCUT2D eigenvalue weighted by atomic mass is 35.5. The highest BCUT2D eigenvalue weighted by Gasteiger charge is 2.34. The van der Waals surface area contributed by atoms with E-state index in [9.17, 15) is 17.6 Å². The molecular formula is C14H10ClF4N3. The van der Waals surface area contributed by atoms with Crippen molar-refractivity contribution in [2.24, 2.45) is 0 Å². The number of fused-ring (bicyclic) bond motifs is 1. The molecule has 2 aromatic heterocycles. The van der Waals surface area contributed by atoms with Crippen LogP contribution in [0, 0.1) is 5.95 Å². The molecule has 0 radical (unpaired) electrons. The lowest BCUT2D eigenvalue weighted by molar-refractivity contribution is -0.137. The van der Waals surface area contributed by atoms with Crippen molar-refractivity contribution in [2.75, 3.05) is 11.4 Å². The first-order valence-electron chi connectivity index (χ1n) is 6.45. The fraction of sp³-hybridized carbons (Fsp3) is 0.286. The van der Waals surface area contributed by atoms with Gasteiger partial charge in [0.15, 0.2) is 0 Å². The predicted octanol–water partition coefficient (Wildman–Crippen LogP) is 3.85. The van der Waals surface area contributed by atoms with Gasteiger partial charge in [0.2, 0.25) is 5.95 Å². The van der Waals surface area contributed by atoms with Crippen LogP contribution in [0.5, 0.6) is 0 Å². The van der Waals surface area contributed by atoms with Crippen LogP contribution in [0.2, 0.25) is 5.02 Å². The average Bonchev–Trinajstić information content (AvgIpc) is 2.45. The number of hydrogen-bond donors (Lipinski definition) is 0. The summed E-state index contributed by atoms with van der Waals surface area (Å²) < 4.78 is 51.1. The topological polar surface area (TPSA) is 29.0 Å². The predicted molar refractivity (Wildman–Crippen MR) is 73.2 cm³/mol. The third-order valence-electron chi connectivity index (χ3n) is 3.53. The van der Waals surface area contributed by atoms with Crippen LogP contribution < -0.4 is 4.90 Å². The van der Waals surface area contributed by atoms with E-state index in [0.717, 1.165) is 17.3 Å². The number of rotatable bonds is 1. The van der Waals surface area contributed by atoms with Crippen LogP contribution in [0.4, 0.5) is 23.4 Å². The number of nitrogens with zero attached hydrogens (tertiary/aromatic N) is 3. The molecule has 1 aliphatic heterocycles. The van der Waals surface area contributed by atoms with Gasteiger partial charge in [0.1, 0.15) is 5.82 Å². The first-order chi connectivity index (χ1) is 10.3.